The lowest BCUT2D eigenvalue weighted by atomic mass is 9.96. The van der Waals surface area contributed by atoms with E-state index in [1.165, 1.54) is 0 Å². The molecule has 0 aliphatic heterocycles. The van der Waals surface area contributed by atoms with Crippen molar-refractivity contribution in [1.82, 2.24) is 10.2 Å². The molecule has 0 bridgehead atoms. The normalized spacial score (nSPS) is 10.4. The smallest absolute Gasteiger partial charge is 0.169 e. The highest BCUT2D eigenvalue weighted by Gasteiger charge is 2.19. The predicted molar refractivity (Wildman–Crippen MR) is 71.0 cm³/mol. The van der Waals surface area contributed by atoms with Gasteiger partial charge in [-0.15, -0.1) is 0 Å². The molecule has 0 spiro atoms. The van der Waals surface area contributed by atoms with Crippen LogP contribution < -0.4 is 15.2 Å². The number of rotatable bonds is 3. The van der Waals surface area contributed by atoms with Gasteiger partial charge >= 0.3 is 0 Å². The molecule has 2 rings (SSSR count). The van der Waals surface area contributed by atoms with Crippen LogP contribution in [0.1, 0.15) is 11.1 Å². The summed E-state index contributed by atoms with van der Waals surface area (Å²) in [5.74, 6) is 1.88. The van der Waals surface area contributed by atoms with E-state index in [9.17, 15) is 0 Å². The number of nitrogens with zero attached hydrogens (tertiary/aromatic N) is 1. The molecule has 0 aliphatic rings. The minimum absolute atomic E-state index is 0.518. The van der Waals surface area contributed by atoms with Gasteiger partial charge in [-0.3, -0.25) is 5.10 Å². The van der Waals surface area contributed by atoms with Crippen LogP contribution in [0.15, 0.2) is 12.3 Å². The molecule has 2 aromatic rings. The lowest BCUT2D eigenvalue weighted by Crippen LogP contribution is -1.99. The summed E-state index contributed by atoms with van der Waals surface area (Å²) >= 11 is 0. The fraction of sp³-hybridized carbons (Fsp3) is 0.308. The standard InChI is InChI=1S/C13H17N3O2/c1-7-5-10(17-3)12(18-4)11(8(7)2)9-6-15-16-13(9)14/h5-6H,1-4H3,(H3,14,15,16). The van der Waals surface area contributed by atoms with Crippen molar-refractivity contribution in [2.75, 3.05) is 20.0 Å². The number of nitrogens with two attached hydrogens (primary N) is 1. The van der Waals surface area contributed by atoms with Crippen molar-refractivity contribution >= 4 is 5.82 Å². The fourth-order valence-electron chi connectivity index (χ4n) is 2.04. The maximum absolute atomic E-state index is 5.89. The van der Waals surface area contributed by atoms with Crippen molar-refractivity contribution in [2.45, 2.75) is 13.8 Å². The quantitative estimate of drug-likeness (QED) is 0.872. The van der Waals surface area contributed by atoms with Gasteiger partial charge in [0.25, 0.3) is 0 Å². The first-order valence-corrected chi connectivity index (χ1v) is 5.61. The Kier molecular flexibility index (Phi) is 3.14. The monoisotopic (exact) mass is 247 g/mol. The number of aryl methyl sites for hydroxylation is 1. The molecule has 5 heteroatoms. The number of aromatic amines is 1. The summed E-state index contributed by atoms with van der Waals surface area (Å²) in [4.78, 5) is 0. The largest absolute Gasteiger partial charge is 0.493 e. The molecule has 0 amide bonds. The molecule has 96 valence electrons. The highest BCUT2D eigenvalue weighted by Crippen LogP contribution is 2.43. The van der Waals surface area contributed by atoms with Crippen LogP contribution in [0, 0.1) is 13.8 Å². The van der Waals surface area contributed by atoms with Crippen molar-refractivity contribution in [3.8, 4) is 22.6 Å². The van der Waals surface area contributed by atoms with Crippen LogP contribution in [-0.4, -0.2) is 24.4 Å². The SMILES string of the molecule is COc1cc(C)c(C)c(-c2cn[nH]c2N)c1OC. The van der Waals surface area contributed by atoms with Crippen molar-refractivity contribution in [3.63, 3.8) is 0 Å². The Balaban J connectivity index is 2.79. The highest BCUT2D eigenvalue weighted by molar-refractivity contribution is 5.83. The molecule has 0 saturated carbocycles. The van der Waals surface area contributed by atoms with Crippen LogP contribution in [0.2, 0.25) is 0 Å². The minimum atomic E-state index is 0.518. The first-order valence-electron chi connectivity index (χ1n) is 5.61. The number of H-pyrrole nitrogens is 1. The first-order chi connectivity index (χ1) is 8.60. The zero-order chi connectivity index (χ0) is 13.3. The second-order valence-electron chi connectivity index (χ2n) is 4.13. The summed E-state index contributed by atoms with van der Waals surface area (Å²) < 4.78 is 10.8. The number of hydrogen-bond acceptors (Lipinski definition) is 4. The molecule has 0 fully saturated rings. The number of anilines is 1. The van der Waals surface area contributed by atoms with Crippen LogP contribution in [0.4, 0.5) is 5.82 Å². The molecule has 1 aromatic heterocycles. The number of methoxy groups -OCH3 is 2. The topological polar surface area (TPSA) is 73.2 Å². The van der Waals surface area contributed by atoms with Gasteiger partial charge in [0, 0.05) is 11.1 Å². The van der Waals surface area contributed by atoms with Gasteiger partial charge in [-0.25, -0.2) is 0 Å². The van der Waals surface area contributed by atoms with Gasteiger partial charge in [0.15, 0.2) is 11.5 Å². The summed E-state index contributed by atoms with van der Waals surface area (Å²) in [5.41, 5.74) is 9.85. The Morgan fingerprint density at radius 3 is 2.44 bits per heavy atom. The molecular formula is C13H17N3O2. The van der Waals surface area contributed by atoms with Gasteiger partial charge in [0.05, 0.1) is 20.4 Å². The summed E-state index contributed by atoms with van der Waals surface area (Å²) in [5, 5.41) is 6.69. The van der Waals surface area contributed by atoms with E-state index in [1.807, 2.05) is 19.9 Å². The van der Waals surface area contributed by atoms with Crippen LogP contribution in [-0.2, 0) is 0 Å². The van der Waals surface area contributed by atoms with E-state index in [0.717, 1.165) is 22.3 Å². The third kappa shape index (κ3) is 1.77. The van der Waals surface area contributed by atoms with E-state index >= 15 is 0 Å². The number of nitrogens with one attached hydrogen (secondary N) is 1. The number of ether oxygens (including phenoxy) is 2. The van der Waals surface area contributed by atoms with E-state index in [0.29, 0.717) is 17.3 Å². The van der Waals surface area contributed by atoms with Gasteiger partial charge in [-0.2, -0.15) is 5.10 Å². The van der Waals surface area contributed by atoms with Crippen molar-refractivity contribution in [1.29, 1.82) is 0 Å². The van der Waals surface area contributed by atoms with E-state index in [1.54, 1.807) is 20.4 Å². The van der Waals surface area contributed by atoms with Gasteiger partial charge in [-0.1, -0.05) is 0 Å². The molecule has 1 aromatic carbocycles. The van der Waals surface area contributed by atoms with Gasteiger partial charge < -0.3 is 15.2 Å². The number of benzene rings is 1. The molecule has 18 heavy (non-hydrogen) atoms. The van der Waals surface area contributed by atoms with E-state index < -0.39 is 0 Å². The number of nitrogen functional groups attached to an aromatic ring is 1. The van der Waals surface area contributed by atoms with Crippen LogP contribution >= 0.6 is 0 Å². The first kappa shape index (κ1) is 12.3. The Morgan fingerprint density at radius 2 is 1.94 bits per heavy atom. The highest BCUT2D eigenvalue weighted by atomic mass is 16.5. The summed E-state index contributed by atoms with van der Waals surface area (Å²) in [6, 6.07) is 1.95. The molecule has 3 N–H and O–H groups in total. The van der Waals surface area contributed by atoms with Gasteiger partial charge in [0.2, 0.25) is 0 Å². The van der Waals surface area contributed by atoms with Gasteiger partial charge in [0.1, 0.15) is 5.82 Å². The predicted octanol–water partition coefficient (Wildman–Crippen LogP) is 2.29. The lowest BCUT2D eigenvalue weighted by Gasteiger charge is -2.17. The molecule has 0 atom stereocenters. The van der Waals surface area contributed by atoms with E-state index in [-0.39, 0.29) is 0 Å². The third-order valence-electron chi connectivity index (χ3n) is 3.13. The van der Waals surface area contributed by atoms with Crippen molar-refractivity contribution < 1.29 is 9.47 Å². The van der Waals surface area contributed by atoms with Crippen molar-refractivity contribution in [2.24, 2.45) is 0 Å². The number of hydrogen-bond donors (Lipinski definition) is 2. The average Bonchev–Trinajstić information content (AvgIpc) is 2.78. The third-order valence-corrected chi connectivity index (χ3v) is 3.13. The minimum Gasteiger partial charge on any atom is -0.493 e. The van der Waals surface area contributed by atoms with Gasteiger partial charge in [-0.05, 0) is 31.0 Å². The summed E-state index contributed by atoms with van der Waals surface area (Å²) in [6.45, 7) is 4.05. The number of aromatic nitrogens is 2. The Hall–Kier alpha value is -2.17. The van der Waals surface area contributed by atoms with E-state index in [2.05, 4.69) is 10.2 Å². The zero-order valence-corrected chi connectivity index (χ0v) is 11.0. The Morgan fingerprint density at radius 1 is 1.22 bits per heavy atom. The van der Waals surface area contributed by atoms with Crippen LogP contribution in [0.25, 0.3) is 11.1 Å². The molecule has 0 saturated heterocycles. The molecule has 1 heterocycles. The van der Waals surface area contributed by atoms with Crippen molar-refractivity contribution in [3.05, 3.63) is 23.4 Å². The molecule has 5 nitrogen and oxygen atoms in total. The molecule has 0 unspecified atom stereocenters. The van der Waals surface area contributed by atoms with Crippen LogP contribution in [0.3, 0.4) is 0 Å². The second-order valence-corrected chi connectivity index (χ2v) is 4.13. The maximum Gasteiger partial charge on any atom is 0.169 e. The average molecular weight is 247 g/mol. The molecule has 0 aliphatic carbocycles. The fourth-order valence-corrected chi connectivity index (χ4v) is 2.04. The maximum atomic E-state index is 5.89. The summed E-state index contributed by atoms with van der Waals surface area (Å²) in [6.07, 6.45) is 1.69. The molecule has 0 radical (unpaired) electrons. The Bertz CT molecular complexity index is 576. The van der Waals surface area contributed by atoms with E-state index in [4.69, 9.17) is 15.2 Å². The Labute approximate surface area is 106 Å². The zero-order valence-electron chi connectivity index (χ0n) is 11.0. The lowest BCUT2D eigenvalue weighted by molar-refractivity contribution is 0.355. The summed E-state index contributed by atoms with van der Waals surface area (Å²) in [7, 11) is 3.24. The van der Waals surface area contributed by atoms with Crippen LogP contribution in [0.5, 0.6) is 11.5 Å². The molecular weight excluding hydrogens is 230 g/mol. The second kappa shape index (κ2) is 4.60.